The van der Waals surface area contributed by atoms with E-state index in [4.69, 9.17) is 25.8 Å². The maximum atomic E-state index is 12.6. The maximum Gasteiger partial charge on any atom is 0.363 e. The van der Waals surface area contributed by atoms with Crippen LogP contribution in [0.2, 0.25) is 5.02 Å². The number of halogens is 2. The van der Waals surface area contributed by atoms with Gasteiger partial charge in [-0.05, 0) is 54.6 Å². The average molecular weight is 558 g/mol. The molecule has 0 bridgehead atoms. The number of carbonyl (C=O) groups is 2. The molecule has 0 spiro atoms. The number of hydrogen-bond donors (Lipinski definition) is 0. The first kappa shape index (κ1) is 24.1. The highest BCUT2D eigenvalue weighted by Crippen LogP contribution is 2.31. The first-order valence-electron chi connectivity index (χ1n) is 9.88. The molecule has 0 fully saturated rings. The van der Waals surface area contributed by atoms with Crippen LogP contribution >= 0.6 is 27.5 Å². The highest BCUT2D eigenvalue weighted by atomic mass is 79.9. The Balaban J connectivity index is 1.65. The Bertz CT molecular complexity index is 1420. The lowest BCUT2D eigenvalue weighted by atomic mass is 10.1. The molecule has 0 amide bonds. The van der Waals surface area contributed by atoms with Crippen LogP contribution in [0.25, 0.3) is 6.08 Å². The number of methoxy groups -OCH3 is 1. The molecular formula is C24H14BrClN2O7. The second-order valence-corrected chi connectivity index (χ2v) is 8.41. The number of esters is 2. The van der Waals surface area contributed by atoms with Crippen LogP contribution in [0.15, 0.2) is 75.8 Å². The third-order valence-electron chi connectivity index (χ3n) is 4.79. The lowest BCUT2D eigenvalue weighted by molar-refractivity contribution is -0.384. The Kier molecular flexibility index (Phi) is 6.94. The van der Waals surface area contributed by atoms with Crippen LogP contribution in [0, 0.1) is 10.1 Å². The molecule has 11 heteroatoms. The van der Waals surface area contributed by atoms with Gasteiger partial charge in [-0.2, -0.15) is 0 Å². The summed E-state index contributed by atoms with van der Waals surface area (Å²) < 4.78 is 16.7. The largest absolute Gasteiger partial charge is 0.496 e. The highest BCUT2D eigenvalue weighted by Gasteiger charge is 2.27. The Morgan fingerprint density at radius 3 is 2.51 bits per heavy atom. The van der Waals surface area contributed by atoms with E-state index < -0.39 is 16.9 Å². The fourth-order valence-electron chi connectivity index (χ4n) is 3.12. The molecule has 4 rings (SSSR count). The van der Waals surface area contributed by atoms with Crippen molar-refractivity contribution < 1.29 is 28.7 Å². The lowest BCUT2D eigenvalue weighted by Crippen LogP contribution is -2.09. The van der Waals surface area contributed by atoms with E-state index in [0.29, 0.717) is 26.4 Å². The fraction of sp³-hybridized carbons (Fsp3) is 0.0417. The van der Waals surface area contributed by atoms with Gasteiger partial charge < -0.3 is 14.2 Å². The number of ether oxygens (including phenoxy) is 3. The highest BCUT2D eigenvalue weighted by molar-refractivity contribution is 9.10. The topological polar surface area (TPSA) is 117 Å². The van der Waals surface area contributed by atoms with Crippen molar-refractivity contribution in [2.75, 3.05) is 7.11 Å². The summed E-state index contributed by atoms with van der Waals surface area (Å²) in [6, 6.07) is 14.6. The summed E-state index contributed by atoms with van der Waals surface area (Å²) in [5.74, 6) is -0.874. The molecule has 0 radical (unpaired) electrons. The number of nitro groups is 1. The number of benzene rings is 3. The summed E-state index contributed by atoms with van der Waals surface area (Å²) in [6.07, 6.45) is 1.41. The molecule has 0 aromatic heterocycles. The summed E-state index contributed by atoms with van der Waals surface area (Å²) in [4.78, 5) is 39.6. The van der Waals surface area contributed by atoms with Gasteiger partial charge in [0.15, 0.2) is 5.70 Å². The fourth-order valence-corrected chi connectivity index (χ4v) is 3.67. The molecule has 3 aromatic carbocycles. The monoisotopic (exact) mass is 556 g/mol. The van der Waals surface area contributed by atoms with Crippen LogP contribution in [-0.2, 0) is 9.53 Å². The molecule has 0 saturated carbocycles. The summed E-state index contributed by atoms with van der Waals surface area (Å²) in [6.45, 7) is 0. The van der Waals surface area contributed by atoms with E-state index >= 15 is 0 Å². The Labute approximate surface area is 211 Å². The third kappa shape index (κ3) is 5.39. The van der Waals surface area contributed by atoms with Gasteiger partial charge in [-0.3, -0.25) is 10.1 Å². The second kappa shape index (κ2) is 10.1. The minimum absolute atomic E-state index is 0.0139. The maximum absolute atomic E-state index is 12.6. The van der Waals surface area contributed by atoms with Crippen LogP contribution in [0.4, 0.5) is 5.69 Å². The summed E-state index contributed by atoms with van der Waals surface area (Å²) in [7, 11) is 1.47. The zero-order valence-electron chi connectivity index (χ0n) is 17.9. The van der Waals surface area contributed by atoms with E-state index in [2.05, 4.69) is 20.9 Å². The number of nitro benzene ring substituents is 1. The molecule has 9 nitrogen and oxygen atoms in total. The van der Waals surface area contributed by atoms with Crippen LogP contribution in [0.1, 0.15) is 21.5 Å². The van der Waals surface area contributed by atoms with Crippen molar-refractivity contribution in [3.63, 3.8) is 0 Å². The summed E-state index contributed by atoms with van der Waals surface area (Å²) in [5, 5.41) is 11.2. The zero-order chi connectivity index (χ0) is 25.1. The molecule has 3 aromatic rings. The minimum Gasteiger partial charge on any atom is -0.496 e. The molecule has 1 aliphatic rings. The van der Waals surface area contributed by atoms with Crippen molar-refractivity contribution in [1.82, 2.24) is 0 Å². The summed E-state index contributed by atoms with van der Waals surface area (Å²) in [5.41, 5.74) is 0.694. The van der Waals surface area contributed by atoms with Gasteiger partial charge in [0.1, 0.15) is 11.5 Å². The number of carbonyl (C=O) groups excluding carboxylic acids is 2. The SMILES string of the molecule is COc1ccc(Cl)cc1C1=N/C(=C\c2cc(Br)ccc2OC(=O)c2ccc([N+](=O)[O-])cc2)C(=O)O1. The molecule has 0 saturated heterocycles. The van der Waals surface area contributed by atoms with Gasteiger partial charge in [0.2, 0.25) is 5.90 Å². The number of non-ortho nitro benzene ring substituents is 1. The van der Waals surface area contributed by atoms with Crippen molar-refractivity contribution in [1.29, 1.82) is 0 Å². The van der Waals surface area contributed by atoms with Crippen LogP contribution in [-0.4, -0.2) is 29.9 Å². The number of hydrogen-bond acceptors (Lipinski definition) is 8. The normalized spacial score (nSPS) is 13.9. The van der Waals surface area contributed by atoms with Crippen molar-refractivity contribution in [3.8, 4) is 11.5 Å². The molecule has 0 aliphatic carbocycles. The van der Waals surface area contributed by atoms with E-state index in [-0.39, 0.29) is 28.6 Å². The molecule has 1 aliphatic heterocycles. The van der Waals surface area contributed by atoms with Crippen molar-refractivity contribution in [2.45, 2.75) is 0 Å². The van der Waals surface area contributed by atoms with E-state index in [0.717, 1.165) is 0 Å². The smallest absolute Gasteiger partial charge is 0.363 e. The van der Waals surface area contributed by atoms with Gasteiger partial charge >= 0.3 is 11.9 Å². The third-order valence-corrected chi connectivity index (χ3v) is 5.52. The molecule has 176 valence electrons. The van der Waals surface area contributed by atoms with Crippen molar-refractivity contribution >= 4 is 57.1 Å². The standard InChI is InChI=1S/C24H14BrClN2O7/c1-33-21-9-5-16(26)12-18(21)22-27-19(24(30)35-22)11-14-10-15(25)4-8-20(14)34-23(29)13-2-6-17(7-3-13)28(31)32/h2-12H,1H3/b19-11-. The summed E-state index contributed by atoms with van der Waals surface area (Å²) >= 11 is 9.42. The molecule has 0 unspecified atom stereocenters. The van der Waals surface area contributed by atoms with Gasteiger partial charge in [-0.25, -0.2) is 14.6 Å². The minimum atomic E-state index is -0.733. The molecule has 35 heavy (non-hydrogen) atoms. The predicted molar refractivity (Wildman–Crippen MR) is 131 cm³/mol. The second-order valence-electron chi connectivity index (χ2n) is 7.06. The number of nitrogens with zero attached hydrogens (tertiary/aromatic N) is 2. The quantitative estimate of drug-likeness (QED) is 0.128. The Morgan fingerprint density at radius 2 is 1.83 bits per heavy atom. The van der Waals surface area contributed by atoms with E-state index in [1.165, 1.54) is 43.5 Å². The first-order chi connectivity index (χ1) is 16.7. The molecule has 1 heterocycles. The van der Waals surface area contributed by atoms with Gasteiger partial charge in [-0.1, -0.05) is 27.5 Å². The van der Waals surface area contributed by atoms with E-state index in [1.807, 2.05) is 0 Å². The van der Waals surface area contributed by atoms with Gasteiger partial charge in [-0.15, -0.1) is 0 Å². The van der Waals surface area contributed by atoms with Crippen molar-refractivity contribution in [3.05, 3.63) is 103 Å². The Morgan fingerprint density at radius 1 is 1.11 bits per heavy atom. The predicted octanol–water partition coefficient (Wildman–Crippen LogP) is 5.58. The number of cyclic esters (lactones) is 1. The average Bonchev–Trinajstić information content (AvgIpc) is 3.20. The zero-order valence-corrected chi connectivity index (χ0v) is 20.2. The van der Waals surface area contributed by atoms with Crippen molar-refractivity contribution in [2.24, 2.45) is 4.99 Å². The Hall–Kier alpha value is -4.02. The van der Waals surface area contributed by atoms with Gasteiger partial charge in [0.05, 0.1) is 23.2 Å². The van der Waals surface area contributed by atoms with Crippen LogP contribution < -0.4 is 9.47 Å². The van der Waals surface area contributed by atoms with Crippen LogP contribution in [0.5, 0.6) is 11.5 Å². The van der Waals surface area contributed by atoms with E-state index in [1.54, 1.807) is 30.3 Å². The van der Waals surface area contributed by atoms with Crippen LogP contribution in [0.3, 0.4) is 0 Å². The van der Waals surface area contributed by atoms with Gasteiger partial charge in [0, 0.05) is 27.2 Å². The molecule has 0 N–H and O–H groups in total. The van der Waals surface area contributed by atoms with E-state index in [9.17, 15) is 19.7 Å². The molecule has 0 atom stereocenters. The number of rotatable bonds is 6. The lowest BCUT2D eigenvalue weighted by Gasteiger charge is -2.08. The van der Waals surface area contributed by atoms with Gasteiger partial charge in [0.25, 0.3) is 5.69 Å². The number of aliphatic imine (C=N–C) groups is 1. The first-order valence-corrected chi connectivity index (χ1v) is 11.0. The molecular weight excluding hydrogens is 544 g/mol.